The Kier molecular flexibility index (Phi) is 2.85. The van der Waals surface area contributed by atoms with E-state index in [4.69, 9.17) is 11.5 Å². The van der Waals surface area contributed by atoms with Gasteiger partial charge in [-0.25, -0.2) is 0 Å². The second-order valence-corrected chi connectivity index (χ2v) is 5.67. The van der Waals surface area contributed by atoms with Crippen molar-refractivity contribution in [1.29, 1.82) is 0 Å². The van der Waals surface area contributed by atoms with Gasteiger partial charge in [-0.15, -0.1) is 0 Å². The van der Waals surface area contributed by atoms with Crippen LogP contribution in [0, 0.1) is 23.7 Å². The van der Waals surface area contributed by atoms with Gasteiger partial charge in [0.05, 0.1) is 0 Å². The summed E-state index contributed by atoms with van der Waals surface area (Å²) in [6.45, 7) is 4.63. The molecule has 2 aliphatic rings. The standard InChI is InChI=1S/C12H24N2/c1-7(10-3-4-11(10)13)5-9-6-8(2)12(9)14/h7-12H,3-6,13-14H2,1-2H3/t7?,8?,9?,10-,11-,12?/m0/s1. The first-order chi connectivity index (χ1) is 6.59. The molecule has 0 heterocycles. The summed E-state index contributed by atoms with van der Waals surface area (Å²) in [7, 11) is 0. The van der Waals surface area contributed by atoms with Crippen LogP contribution in [-0.2, 0) is 0 Å². The van der Waals surface area contributed by atoms with Crippen molar-refractivity contribution in [3.63, 3.8) is 0 Å². The molecule has 2 heteroatoms. The van der Waals surface area contributed by atoms with Crippen molar-refractivity contribution in [3.8, 4) is 0 Å². The summed E-state index contributed by atoms with van der Waals surface area (Å²) in [6.07, 6.45) is 5.24. The highest BCUT2D eigenvalue weighted by Crippen LogP contribution is 2.41. The van der Waals surface area contributed by atoms with Gasteiger partial charge in [-0.1, -0.05) is 13.8 Å². The Labute approximate surface area is 87.4 Å². The lowest BCUT2D eigenvalue weighted by molar-refractivity contribution is 0.0886. The minimum absolute atomic E-state index is 0.466. The van der Waals surface area contributed by atoms with Crippen LogP contribution in [0.1, 0.15) is 39.5 Å². The van der Waals surface area contributed by atoms with E-state index in [0.29, 0.717) is 12.1 Å². The normalized spacial score (nSPS) is 49.3. The van der Waals surface area contributed by atoms with Gasteiger partial charge in [0.2, 0.25) is 0 Å². The number of nitrogens with two attached hydrogens (primary N) is 2. The van der Waals surface area contributed by atoms with Crippen LogP contribution in [-0.4, -0.2) is 12.1 Å². The predicted molar refractivity (Wildman–Crippen MR) is 59.7 cm³/mol. The molecule has 0 aliphatic heterocycles. The molecule has 82 valence electrons. The van der Waals surface area contributed by atoms with Crippen LogP contribution >= 0.6 is 0 Å². The first kappa shape index (κ1) is 10.4. The number of hydrogen-bond donors (Lipinski definition) is 2. The molecule has 4 unspecified atom stereocenters. The molecule has 0 spiro atoms. The zero-order valence-electron chi connectivity index (χ0n) is 9.45. The summed E-state index contributed by atoms with van der Waals surface area (Å²) < 4.78 is 0. The molecule has 0 aromatic rings. The van der Waals surface area contributed by atoms with Gasteiger partial charge in [0.15, 0.2) is 0 Å². The van der Waals surface area contributed by atoms with Crippen molar-refractivity contribution in [2.75, 3.05) is 0 Å². The van der Waals surface area contributed by atoms with Crippen molar-refractivity contribution in [1.82, 2.24) is 0 Å². The maximum atomic E-state index is 6.08. The maximum absolute atomic E-state index is 6.08. The Morgan fingerprint density at radius 1 is 1.29 bits per heavy atom. The Morgan fingerprint density at radius 3 is 2.36 bits per heavy atom. The quantitative estimate of drug-likeness (QED) is 0.722. The fourth-order valence-electron chi connectivity index (χ4n) is 3.22. The lowest BCUT2D eigenvalue weighted by atomic mass is 9.63. The zero-order chi connectivity index (χ0) is 10.3. The summed E-state index contributed by atoms with van der Waals surface area (Å²) in [5, 5.41) is 0. The molecule has 0 bridgehead atoms. The Morgan fingerprint density at radius 2 is 2.00 bits per heavy atom. The minimum atomic E-state index is 0.466. The third-order valence-corrected chi connectivity index (χ3v) is 4.66. The molecular weight excluding hydrogens is 172 g/mol. The van der Waals surface area contributed by atoms with Crippen LogP contribution in [0.2, 0.25) is 0 Å². The van der Waals surface area contributed by atoms with Crippen molar-refractivity contribution >= 4 is 0 Å². The van der Waals surface area contributed by atoms with Gasteiger partial charge in [0.25, 0.3) is 0 Å². The van der Waals surface area contributed by atoms with E-state index < -0.39 is 0 Å². The largest absolute Gasteiger partial charge is 0.327 e. The molecule has 2 aliphatic carbocycles. The van der Waals surface area contributed by atoms with Crippen LogP contribution in [0.4, 0.5) is 0 Å². The minimum Gasteiger partial charge on any atom is -0.327 e. The highest BCUT2D eigenvalue weighted by molar-refractivity contribution is 4.94. The topological polar surface area (TPSA) is 52.0 Å². The molecule has 0 aromatic carbocycles. The lowest BCUT2D eigenvalue weighted by Gasteiger charge is -2.45. The van der Waals surface area contributed by atoms with Gasteiger partial charge >= 0.3 is 0 Å². The SMILES string of the molecule is CC1CC(CC(C)[C@@H]2CC[C@@H]2N)C1N. The summed E-state index contributed by atoms with van der Waals surface area (Å²) in [6, 6.07) is 0.951. The Hall–Kier alpha value is -0.0800. The molecule has 14 heavy (non-hydrogen) atoms. The molecule has 6 atom stereocenters. The summed E-state index contributed by atoms with van der Waals surface area (Å²) in [4.78, 5) is 0. The Balaban J connectivity index is 1.75. The molecule has 4 N–H and O–H groups in total. The first-order valence-corrected chi connectivity index (χ1v) is 6.10. The van der Waals surface area contributed by atoms with Crippen LogP contribution in [0.25, 0.3) is 0 Å². The molecule has 2 rings (SSSR count). The highest BCUT2D eigenvalue weighted by Gasteiger charge is 2.39. The predicted octanol–water partition coefficient (Wildman–Crippen LogP) is 1.73. The smallest absolute Gasteiger partial charge is 0.00933 e. The average molecular weight is 196 g/mol. The van der Waals surface area contributed by atoms with E-state index in [1.54, 1.807) is 0 Å². The van der Waals surface area contributed by atoms with E-state index in [-0.39, 0.29) is 0 Å². The molecular formula is C12H24N2. The number of hydrogen-bond acceptors (Lipinski definition) is 2. The van der Waals surface area contributed by atoms with Crippen molar-refractivity contribution in [3.05, 3.63) is 0 Å². The summed E-state index contributed by atoms with van der Waals surface area (Å²) in [5.41, 5.74) is 12.1. The van der Waals surface area contributed by atoms with Gasteiger partial charge in [-0.3, -0.25) is 0 Å². The van der Waals surface area contributed by atoms with Gasteiger partial charge < -0.3 is 11.5 Å². The highest BCUT2D eigenvalue weighted by atomic mass is 14.7. The molecule has 2 saturated carbocycles. The van der Waals surface area contributed by atoms with Crippen LogP contribution in [0.5, 0.6) is 0 Å². The third kappa shape index (κ3) is 1.70. The molecule has 0 aromatic heterocycles. The molecule has 2 nitrogen and oxygen atoms in total. The summed E-state index contributed by atoms with van der Waals surface area (Å²) in [5.74, 6) is 3.12. The third-order valence-electron chi connectivity index (χ3n) is 4.66. The molecule has 2 fully saturated rings. The molecule has 0 saturated heterocycles. The van der Waals surface area contributed by atoms with Crippen molar-refractivity contribution in [2.24, 2.45) is 35.1 Å². The van der Waals surface area contributed by atoms with Gasteiger partial charge in [0, 0.05) is 12.1 Å². The Bertz CT molecular complexity index is 204. The van der Waals surface area contributed by atoms with Crippen LogP contribution in [0.15, 0.2) is 0 Å². The number of rotatable bonds is 3. The van der Waals surface area contributed by atoms with Crippen LogP contribution in [0.3, 0.4) is 0 Å². The average Bonchev–Trinajstić information content (AvgIpc) is 2.14. The van der Waals surface area contributed by atoms with Crippen LogP contribution < -0.4 is 11.5 Å². The van der Waals surface area contributed by atoms with E-state index in [9.17, 15) is 0 Å². The maximum Gasteiger partial charge on any atom is 0.00933 e. The van der Waals surface area contributed by atoms with Crippen molar-refractivity contribution < 1.29 is 0 Å². The lowest BCUT2D eigenvalue weighted by Crippen LogP contribution is -2.50. The van der Waals surface area contributed by atoms with E-state index in [1.807, 2.05) is 0 Å². The molecule has 0 radical (unpaired) electrons. The van der Waals surface area contributed by atoms with Crippen molar-refractivity contribution in [2.45, 2.75) is 51.6 Å². The first-order valence-electron chi connectivity index (χ1n) is 6.10. The molecule has 0 amide bonds. The van der Waals surface area contributed by atoms with E-state index in [2.05, 4.69) is 13.8 Å². The fourth-order valence-corrected chi connectivity index (χ4v) is 3.22. The van der Waals surface area contributed by atoms with E-state index >= 15 is 0 Å². The van der Waals surface area contributed by atoms with E-state index in [1.165, 1.54) is 25.7 Å². The second-order valence-electron chi connectivity index (χ2n) is 5.67. The van der Waals surface area contributed by atoms with Gasteiger partial charge in [-0.2, -0.15) is 0 Å². The zero-order valence-corrected chi connectivity index (χ0v) is 9.45. The fraction of sp³-hybridized carbons (Fsp3) is 1.00. The van der Waals surface area contributed by atoms with E-state index in [0.717, 1.165) is 23.7 Å². The summed E-state index contributed by atoms with van der Waals surface area (Å²) >= 11 is 0. The van der Waals surface area contributed by atoms with Gasteiger partial charge in [-0.05, 0) is 49.4 Å². The second kappa shape index (κ2) is 3.82. The van der Waals surface area contributed by atoms with Gasteiger partial charge in [0.1, 0.15) is 0 Å². The monoisotopic (exact) mass is 196 g/mol.